The van der Waals surface area contributed by atoms with Gasteiger partial charge in [-0.2, -0.15) is 0 Å². The molecule has 0 saturated heterocycles. The van der Waals surface area contributed by atoms with Crippen molar-refractivity contribution in [3.8, 4) is 17.2 Å². The molecule has 2 rings (SSSR count). The molecule has 0 amide bonds. The monoisotopic (exact) mass is 517 g/mol. The van der Waals surface area contributed by atoms with Crippen molar-refractivity contribution < 1.29 is 18.6 Å². The van der Waals surface area contributed by atoms with Gasteiger partial charge in [-0.15, -0.1) is 24.0 Å². The Balaban J connectivity index is 0.00000420. The second kappa shape index (κ2) is 13.1. The van der Waals surface area contributed by atoms with Gasteiger partial charge in [-0.25, -0.2) is 4.39 Å². The molecule has 29 heavy (non-hydrogen) atoms. The highest BCUT2D eigenvalue weighted by atomic mass is 127. The van der Waals surface area contributed by atoms with Gasteiger partial charge in [0.1, 0.15) is 17.7 Å². The molecule has 0 aliphatic heterocycles. The molecule has 160 valence electrons. The van der Waals surface area contributed by atoms with Crippen LogP contribution in [0.4, 0.5) is 4.39 Å². The number of guanidine groups is 1. The first kappa shape index (κ1) is 24.8. The van der Waals surface area contributed by atoms with E-state index in [4.69, 9.17) is 14.2 Å². The number of halogens is 2. The Bertz CT molecular complexity index is 790. The van der Waals surface area contributed by atoms with Crippen LogP contribution in [0.3, 0.4) is 0 Å². The molecular weight excluding hydrogens is 488 g/mol. The van der Waals surface area contributed by atoms with Gasteiger partial charge in [0, 0.05) is 25.2 Å². The van der Waals surface area contributed by atoms with Gasteiger partial charge in [0.2, 0.25) is 0 Å². The maximum absolute atomic E-state index is 13.3. The van der Waals surface area contributed by atoms with E-state index in [9.17, 15) is 4.39 Å². The van der Waals surface area contributed by atoms with Gasteiger partial charge in [0.15, 0.2) is 17.5 Å². The second-order valence-corrected chi connectivity index (χ2v) is 6.06. The number of hydrogen-bond donors (Lipinski definition) is 2. The van der Waals surface area contributed by atoms with E-state index in [0.29, 0.717) is 36.3 Å². The van der Waals surface area contributed by atoms with Gasteiger partial charge in [-0.05, 0) is 24.6 Å². The fourth-order valence-electron chi connectivity index (χ4n) is 2.71. The van der Waals surface area contributed by atoms with E-state index < -0.39 is 0 Å². The molecule has 0 aliphatic carbocycles. The van der Waals surface area contributed by atoms with Gasteiger partial charge in [-0.3, -0.25) is 4.99 Å². The van der Waals surface area contributed by atoms with Crippen LogP contribution in [0.15, 0.2) is 47.5 Å². The number of hydrogen-bond acceptors (Lipinski definition) is 4. The minimum absolute atomic E-state index is 0. The standard InChI is InChI=1S/C21H28FN3O3.HI/c1-5-17(28-18-10-7-9-16(22)12-18)14-25-21(23-2)24-13-15-8-6-11-19(26-3)20(15)27-4;/h6-12,17H,5,13-14H2,1-4H3,(H2,23,24,25);1H. The lowest BCUT2D eigenvalue weighted by Crippen LogP contribution is -2.42. The van der Waals surface area contributed by atoms with Crippen LogP contribution in [0, 0.1) is 5.82 Å². The molecule has 0 fully saturated rings. The van der Waals surface area contributed by atoms with Crippen molar-refractivity contribution in [2.75, 3.05) is 27.8 Å². The van der Waals surface area contributed by atoms with Gasteiger partial charge in [-0.1, -0.05) is 25.1 Å². The second-order valence-electron chi connectivity index (χ2n) is 6.06. The van der Waals surface area contributed by atoms with E-state index in [1.54, 1.807) is 33.4 Å². The average molecular weight is 517 g/mol. The van der Waals surface area contributed by atoms with Gasteiger partial charge < -0.3 is 24.8 Å². The number of methoxy groups -OCH3 is 2. The Morgan fingerprint density at radius 1 is 1.10 bits per heavy atom. The number of aliphatic imine (C=N–C) groups is 1. The number of ether oxygens (including phenoxy) is 3. The summed E-state index contributed by atoms with van der Waals surface area (Å²) in [4.78, 5) is 4.24. The molecule has 0 bridgehead atoms. The van der Waals surface area contributed by atoms with E-state index in [0.717, 1.165) is 12.0 Å². The van der Waals surface area contributed by atoms with E-state index in [1.165, 1.54) is 12.1 Å². The van der Waals surface area contributed by atoms with Gasteiger partial charge in [0.05, 0.1) is 20.8 Å². The largest absolute Gasteiger partial charge is 0.493 e. The van der Waals surface area contributed by atoms with Crippen LogP contribution in [0.2, 0.25) is 0 Å². The lowest BCUT2D eigenvalue weighted by molar-refractivity contribution is 0.198. The van der Waals surface area contributed by atoms with Crippen LogP contribution in [0.1, 0.15) is 18.9 Å². The molecule has 0 aromatic heterocycles. The molecule has 2 aromatic carbocycles. The molecule has 0 aliphatic rings. The summed E-state index contributed by atoms with van der Waals surface area (Å²) < 4.78 is 29.9. The minimum Gasteiger partial charge on any atom is -0.493 e. The van der Waals surface area contributed by atoms with Gasteiger partial charge in [0.25, 0.3) is 0 Å². The van der Waals surface area contributed by atoms with Crippen molar-refractivity contribution in [3.05, 3.63) is 53.8 Å². The molecule has 0 saturated carbocycles. The van der Waals surface area contributed by atoms with Crippen LogP contribution < -0.4 is 24.8 Å². The Labute approximate surface area is 188 Å². The van der Waals surface area contributed by atoms with Crippen LogP contribution in [-0.4, -0.2) is 39.9 Å². The highest BCUT2D eigenvalue weighted by Crippen LogP contribution is 2.30. The third-order valence-electron chi connectivity index (χ3n) is 4.21. The molecule has 1 unspecified atom stereocenters. The predicted octanol–water partition coefficient (Wildman–Crippen LogP) is 3.98. The van der Waals surface area contributed by atoms with Crippen LogP contribution in [0.5, 0.6) is 17.2 Å². The summed E-state index contributed by atoms with van der Waals surface area (Å²) in [5.41, 5.74) is 0.952. The normalized spacial score (nSPS) is 11.8. The summed E-state index contributed by atoms with van der Waals surface area (Å²) in [6.45, 7) is 3.06. The number of nitrogens with one attached hydrogen (secondary N) is 2. The predicted molar refractivity (Wildman–Crippen MR) is 124 cm³/mol. The summed E-state index contributed by atoms with van der Waals surface area (Å²) >= 11 is 0. The van der Waals surface area contributed by atoms with E-state index >= 15 is 0 Å². The van der Waals surface area contributed by atoms with Crippen molar-refractivity contribution >= 4 is 29.9 Å². The fraction of sp³-hybridized carbons (Fsp3) is 0.381. The third kappa shape index (κ3) is 7.60. The summed E-state index contributed by atoms with van der Waals surface area (Å²) in [5, 5.41) is 6.49. The minimum atomic E-state index is -0.315. The van der Waals surface area contributed by atoms with Crippen LogP contribution >= 0.6 is 24.0 Å². The number of rotatable bonds is 9. The van der Waals surface area contributed by atoms with E-state index in [1.807, 2.05) is 25.1 Å². The maximum atomic E-state index is 13.3. The van der Waals surface area contributed by atoms with Crippen molar-refractivity contribution in [1.29, 1.82) is 0 Å². The van der Waals surface area contributed by atoms with Crippen LogP contribution in [-0.2, 0) is 6.54 Å². The summed E-state index contributed by atoms with van der Waals surface area (Å²) in [6.07, 6.45) is 0.649. The zero-order valence-electron chi connectivity index (χ0n) is 17.2. The molecule has 2 N–H and O–H groups in total. The molecular formula is C21H29FIN3O3. The molecule has 1 atom stereocenters. The Kier molecular flexibility index (Phi) is 11.2. The summed E-state index contributed by atoms with van der Waals surface area (Å²) in [6, 6.07) is 11.9. The Morgan fingerprint density at radius 2 is 1.86 bits per heavy atom. The van der Waals surface area contributed by atoms with E-state index in [2.05, 4.69) is 15.6 Å². The number of benzene rings is 2. The van der Waals surface area contributed by atoms with Crippen molar-refractivity contribution in [2.24, 2.45) is 4.99 Å². The zero-order valence-corrected chi connectivity index (χ0v) is 19.5. The molecule has 8 heteroatoms. The molecule has 0 heterocycles. The summed E-state index contributed by atoms with van der Waals surface area (Å²) in [5.74, 6) is 2.20. The smallest absolute Gasteiger partial charge is 0.191 e. The first-order valence-electron chi connectivity index (χ1n) is 9.17. The number of para-hydroxylation sites is 1. The number of nitrogens with zero attached hydrogens (tertiary/aromatic N) is 1. The average Bonchev–Trinajstić information content (AvgIpc) is 2.72. The van der Waals surface area contributed by atoms with Crippen LogP contribution in [0.25, 0.3) is 0 Å². The highest BCUT2D eigenvalue weighted by molar-refractivity contribution is 14.0. The quantitative estimate of drug-likeness (QED) is 0.300. The Morgan fingerprint density at radius 3 is 2.48 bits per heavy atom. The highest BCUT2D eigenvalue weighted by Gasteiger charge is 2.12. The molecule has 0 radical (unpaired) electrons. The molecule has 6 nitrogen and oxygen atoms in total. The maximum Gasteiger partial charge on any atom is 0.191 e. The van der Waals surface area contributed by atoms with Crippen molar-refractivity contribution in [1.82, 2.24) is 10.6 Å². The zero-order chi connectivity index (χ0) is 20.4. The lowest BCUT2D eigenvalue weighted by Gasteiger charge is -2.20. The third-order valence-corrected chi connectivity index (χ3v) is 4.21. The topological polar surface area (TPSA) is 64.1 Å². The van der Waals surface area contributed by atoms with Gasteiger partial charge >= 0.3 is 0 Å². The Hall–Kier alpha value is -2.23. The SMILES string of the molecule is CCC(CNC(=NC)NCc1cccc(OC)c1OC)Oc1cccc(F)c1.I. The fourth-order valence-corrected chi connectivity index (χ4v) is 2.71. The molecule has 0 spiro atoms. The first-order chi connectivity index (χ1) is 13.6. The lowest BCUT2D eigenvalue weighted by atomic mass is 10.2. The van der Waals surface area contributed by atoms with Crippen molar-refractivity contribution in [2.45, 2.75) is 26.0 Å². The summed E-state index contributed by atoms with van der Waals surface area (Å²) in [7, 11) is 4.93. The molecule has 2 aromatic rings. The van der Waals surface area contributed by atoms with E-state index in [-0.39, 0.29) is 35.9 Å². The van der Waals surface area contributed by atoms with Crippen molar-refractivity contribution in [3.63, 3.8) is 0 Å². The first-order valence-corrected chi connectivity index (χ1v) is 9.17.